The number of methoxy groups -OCH3 is 1. The van der Waals surface area contributed by atoms with Crippen LogP contribution in [0.5, 0.6) is 0 Å². The SMILES string of the molecule is COC(=O)c1cccc(N(C(=O)c2cnccn2)C(C(=O)NC2CCCCC2)c2ccccc2)c1. The van der Waals surface area contributed by atoms with Crippen molar-refractivity contribution in [1.29, 1.82) is 0 Å². The molecular weight excluding hydrogens is 444 g/mol. The summed E-state index contributed by atoms with van der Waals surface area (Å²) in [5, 5.41) is 3.16. The van der Waals surface area contributed by atoms with Gasteiger partial charge < -0.3 is 10.1 Å². The highest BCUT2D eigenvalue weighted by Gasteiger charge is 2.35. The molecule has 2 aromatic carbocycles. The first kappa shape index (κ1) is 24.1. The highest BCUT2D eigenvalue weighted by Crippen LogP contribution is 2.31. The van der Waals surface area contributed by atoms with Gasteiger partial charge in [-0.15, -0.1) is 0 Å². The fourth-order valence-corrected chi connectivity index (χ4v) is 4.40. The molecule has 8 heteroatoms. The van der Waals surface area contributed by atoms with Crippen LogP contribution in [0.1, 0.15) is 64.6 Å². The lowest BCUT2D eigenvalue weighted by Crippen LogP contribution is -2.47. The average Bonchev–Trinajstić information content (AvgIpc) is 2.92. The van der Waals surface area contributed by atoms with Gasteiger partial charge in [0, 0.05) is 24.1 Å². The predicted molar refractivity (Wildman–Crippen MR) is 131 cm³/mol. The van der Waals surface area contributed by atoms with Crippen LogP contribution in [-0.4, -0.2) is 40.9 Å². The molecule has 1 N–H and O–H groups in total. The van der Waals surface area contributed by atoms with Gasteiger partial charge in [0.1, 0.15) is 11.7 Å². The van der Waals surface area contributed by atoms with E-state index in [1.807, 2.05) is 30.3 Å². The average molecular weight is 473 g/mol. The number of hydrogen-bond donors (Lipinski definition) is 1. The van der Waals surface area contributed by atoms with Gasteiger partial charge >= 0.3 is 5.97 Å². The summed E-state index contributed by atoms with van der Waals surface area (Å²) in [5.41, 5.74) is 1.36. The number of nitrogens with zero attached hydrogens (tertiary/aromatic N) is 3. The maximum absolute atomic E-state index is 13.8. The van der Waals surface area contributed by atoms with Crippen LogP contribution in [0, 0.1) is 0 Å². The van der Waals surface area contributed by atoms with Crippen LogP contribution >= 0.6 is 0 Å². The van der Waals surface area contributed by atoms with Crippen molar-refractivity contribution in [2.24, 2.45) is 0 Å². The molecule has 180 valence electrons. The Morgan fingerprint density at radius 2 is 1.77 bits per heavy atom. The molecule has 1 fully saturated rings. The molecule has 1 heterocycles. The molecule has 1 atom stereocenters. The van der Waals surface area contributed by atoms with Crippen LogP contribution < -0.4 is 10.2 Å². The van der Waals surface area contributed by atoms with E-state index in [9.17, 15) is 14.4 Å². The van der Waals surface area contributed by atoms with Gasteiger partial charge in [0.2, 0.25) is 5.91 Å². The number of anilines is 1. The lowest BCUT2D eigenvalue weighted by molar-refractivity contribution is -0.123. The number of amides is 2. The zero-order valence-corrected chi connectivity index (χ0v) is 19.6. The second-order valence-corrected chi connectivity index (χ2v) is 8.46. The molecular formula is C27H28N4O4. The van der Waals surface area contributed by atoms with Crippen molar-refractivity contribution >= 4 is 23.5 Å². The number of ether oxygens (including phenoxy) is 1. The summed E-state index contributed by atoms with van der Waals surface area (Å²) in [5.74, 6) is -1.33. The first-order chi connectivity index (χ1) is 17.1. The minimum absolute atomic E-state index is 0.0531. The second-order valence-electron chi connectivity index (χ2n) is 8.46. The monoisotopic (exact) mass is 472 g/mol. The molecule has 2 amide bonds. The van der Waals surface area contributed by atoms with Crippen molar-refractivity contribution < 1.29 is 19.1 Å². The quantitative estimate of drug-likeness (QED) is 0.520. The summed E-state index contributed by atoms with van der Waals surface area (Å²) in [6, 6.07) is 14.7. The van der Waals surface area contributed by atoms with E-state index in [1.54, 1.807) is 24.3 Å². The van der Waals surface area contributed by atoms with Gasteiger partial charge in [-0.2, -0.15) is 0 Å². The minimum atomic E-state index is -0.986. The molecule has 0 bridgehead atoms. The number of aromatic nitrogens is 2. The number of hydrogen-bond acceptors (Lipinski definition) is 6. The van der Waals surface area contributed by atoms with Gasteiger partial charge in [-0.1, -0.05) is 55.7 Å². The topological polar surface area (TPSA) is 101 Å². The van der Waals surface area contributed by atoms with Crippen LogP contribution in [0.3, 0.4) is 0 Å². The summed E-state index contributed by atoms with van der Waals surface area (Å²) in [6.45, 7) is 0. The van der Waals surface area contributed by atoms with Crippen LogP contribution in [0.4, 0.5) is 5.69 Å². The third-order valence-electron chi connectivity index (χ3n) is 6.12. The Morgan fingerprint density at radius 3 is 2.46 bits per heavy atom. The van der Waals surface area contributed by atoms with E-state index in [2.05, 4.69) is 15.3 Å². The van der Waals surface area contributed by atoms with E-state index in [4.69, 9.17) is 4.74 Å². The van der Waals surface area contributed by atoms with Gasteiger partial charge in [-0.3, -0.25) is 19.5 Å². The van der Waals surface area contributed by atoms with E-state index in [0.717, 1.165) is 32.1 Å². The van der Waals surface area contributed by atoms with Crippen molar-refractivity contribution in [2.45, 2.75) is 44.2 Å². The van der Waals surface area contributed by atoms with Gasteiger partial charge in [0.05, 0.1) is 18.9 Å². The molecule has 0 aliphatic heterocycles. The fraction of sp³-hybridized carbons (Fsp3) is 0.296. The number of nitrogens with one attached hydrogen (secondary N) is 1. The molecule has 1 aromatic heterocycles. The van der Waals surface area contributed by atoms with Crippen molar-refractivity contribution in [3.63, 3.8) is 0 Å². The van der Waals surface area contributed by atoms with Crippen LogP contribution in [-0.2, 0) is 9.53 Å². The minimum Gasteiger partial charge on any atom is -0.465 e. The van der Waals surface area contributed by atoms with Crippen molar-refractivity contribution in [3.05, 3.63) is 90.0 Å². The summed E-state index contributed by atoms with van der Waals surface area (Å²) in [4.78, 5) is 49.5. The van der Waals surface area contributed by atoms with E-state index < -0.39 is 17.9 Å². The summed E-state index contributed by atoms with van der Waals surface area (Å²) in [7, 11) is 1.29. The standard InChI is InChI=1S/C27H28N4O4/c1-35-27(34)20-11-8-14-22(17-20)31(26(33)23-18-28-15-16-29-23)24(19-9-4-2-5-10-19)25(32)30-21-12-6-3-7-13-21/h2,4-5,8-11,14-18,21,24H,3,6-7,12-13H2,1H3,(H,30,32). The lowest BCUT2D eigenvalue weighted by atomic mass is 9.94. The van der Waals surface area contributed by atoms with Crippen molar-refractivity contribution in [2.75, 3.05) is 12.0 Å². The van der Waals surface area contributed by atoms with Crippen molar-refractivity contribution in [1.82, 2.24) is 15.3 Å². The summed E-state index contributed by atoms with van der Waals surface area (Å²) >= 11 is 0. The molecule has 1 aliphatic rings. The van der Waals surface area contributed by atoms with Gasteiger partial charge in [-0.25, -0.2) is 9.78 Å². The molecule has 4 rings (SSSR count). The zero-order chi connectivity index (χ0) is 24.6. The molecule has 3 aromatic rings. The van der Waals surface area contributed by atoms with E-state index >= 15 is 0 Å². The van der Waals surface area contributed by atoms with E-state index in [1.165, 1.54) is 30.6 Å². The maximum Gasteiger partial charge on any atom is 0.337 e. The third-order valence-corrected chi connectivity index (χ3v) is 6.12. The lowest BCUT2D eigenvalue weighted by Gasteiger charge is -2.33. The normalized spacial score (nSPS) is 14.5. The predicted octanol–water partition coefficient (Wildman–Crippen LogP) is 4.10. The Balaban J connectivity index is 1.82. The third kappa shape index (κ3) is 5.71. The Morgan fingerprint density at radius 1 is 1.00 bits per heavy atom. The molecule has 35 heavy (non-hydrogen) atoms. The second kappa shape index (κ2) is 11.4. The Bertz CT molecular complexity index is 1160. The van der Waals surface area contributed by atoms with Gasteiger partial charge in [0.15, 0.2) is 0 Å². The fourth-order valence-electron chi connectivity index (χ4n) is 4.40. The first-order valence-electron chi connectivity index (χ1n) is 11.7. The van der Waals surface area contributed by atoms with Crippen LogP contribution in [0.15, 0.2) is 73.2 Å². The molecule has 0 saturated heterocycles. The molecule has 0 spiro atoms. The Labute approximate surface area is 204 Å². The molecule has 1 aliphatic carbocycles. The highest BCUT2D eigenvalue weighted by molar-refractivity contribution is 6.09. The van der Waals surface area contributed by atoms with E-state index in [-0.39, 0.29) is 23.2 Å². The highest BCUT2D eigenvalue weighted by atomic mass is 16.5. The number of carbonyl (C=O) groups excluding carboxylic acids is 3. The van der Waals surface area contributed by atoms with E-state index in [0.29, 0.717) is 11.3 Å². The smallest absolute Gasteiger partial charge is 0.337 e. The Hall–Kier alpha value is -4.07. The van der Waals surface area contributed by atoms with Crippen LogP contribution in [0.25, 0.3) is 0 Å². The first-order valence-corrected chi connectivity index (χ1v) is 11.7. The Kier molecular flexibility index (Phi) is 7.82. The zero-order valence-electron chi connectivity index (χ0n) is 19.6. The molecule has 1 unspecified atom stereocenters. The summed E-state index contributed by atoms with van der Waals surface area (Å²) in [6.07, 6.45) is 9.35. The van der Waals surface area contributed by atoms with Gasteiger partial charge in [-0.05, 0) is 36.6 Å². The van der Waals surface area contributed by atoms with Crippen molar-refractivity contribution in [3.8, 4) is 0 Å². The molecule has 8 nitrogen and oxygen atoms in total. The maximum atomic E-state index is 13.8. The van der Waals surface area contributed by atoms with Gasteiger partial charge in [0.25, 0.3) is 5.91 Å². The number of benzene rings is 2. The number of esters is 1. The molecule has 1 saturated carbocycles. The van der Waals surface area contributed by atoms with Crippen LogP contribution in [0.2, 0.25) is 0 Å². The number of carbonyl (C=O) groups is 3. The largest absolute Gasteiger partial charge is 0.465 e. The number of rotatable bonds is 7. The summed E-state index contributed by atoms with van der Waals surface area (Å²) < 4.78 is 4.87. The molecule has 0 radical (unpaired) electrons.